The van der Waals surface area contributed by atoms with E-state index >= 15 is 8.78 Å². The summed E-state index contributed by atoms with van der Waals surface area (Å²) >= 11 is 0. The Hall–Kier alpha value is -2.90. The topological polar surface area (TPSA) is 60.9 Å². The summed E-state index contributed by atoms with van der Waals surface area (Å²) in [5.74, 6) is -0.612. The molecule has 172 valence electrons. The van der Waals surface area contributed by atoms with Crippen molar-refractivity contribution in [3.05, 3.63) is 46.5 Å². The summed E-state index contributed by atoms with van der Waals surface area (Å²) in [6.07, 6.45) is 3.98. The molecule has 0 spiro atoms. The molecule has 1 saturated carbocycles. The van der Waals surface area contributed by atoms with Gasteiger partial charge in [0.05, 0.1) is 13.7 Å². The third kappa shape index (κ3) is 4.64. The molecule has 1 aliphatic carbocycles. The van der Waals surface area contributed by atoms with E-state index < -0.39 is 5.82 Å². The zero-order valence-electron chi connectivity index (χ0n) is 18.5. The average Bonchev–Trinajstić information content (AvgIpc) is 2.76. The van der Waals surface area contributed by atoms with Gasteiger partial charge in [0.2, 0.25) is 11.7 Å². The fourth-order valence-electron chi connectivity index (χ4n) is 4.05. The van der Waals surface area contributed by atoms with Crippen molar-refractivity contribution in [1.29, 1.82) is 0 Å². The number of halogens is 2. The van der Waals surface area contributed by atoms with E-state index in [1.54, 1.807) is 17.9 Å². The first kappa shape index (κ1) is 22.3. The molecule has 1 aromatic heterocycles. The van der Waals surface area contributed by atoms with Crippen LogP contribution < -0.4 is 14.4 Å². The largest absolute Gasteiger partial charge is 0.493 e. The van der Waals surface area contributed by atoms with E-state index in [1.165, 1.54) is 13.2 Å². The molecule has 1 fully saturated rings. The number of aromatic nitrogens is 1. The Labute approximate surface area is 186 Å². The summed E-state index contributed by atoms with van der Waals surface area (Å²) in [6, 6.07) is 5.01. The monoisotopic (exact) mass is 446 g/mol. The molecule has 0 bridgehead atoms. The molecule has 2 heterocycles. The number of anilines is 1. The number of rotatable bonds is 8. The number of fused-ring (bicyclic) bond motifs is 1. The average molecular weight is 446 g/mol. The lowest BCUT2D eigenvalue weighted by molar-refractivity contribution is -0.143. The molecule has 1 aliphatic heterocycles. The maximum absolute atomic E-state index is 15.1. The minimum absolute atomic E-state index is 0.0793. The summed E-state index contributed by atoms with van der Waals surface area (Å²) in [7, 11) is 1.41. The number of ether oxygens (including phenoxy) is 3. The Balaban J connectivity index is 1.53. The number of carbonyl (C=O) groups is 1. The third-order valence-corrected chi connectivity index (χ3v) is 6.06. The SMILES string of the molecule is CCOC(=O)CCc1ccc2c(c1F)CCN(c1nc(OC3CCC3)cc(OC)c1F)C2. The van der Waals surface area contributed by atoms with Crippen molar-refractivity contribution in [3.63, 3.8) is 0 Å². The number of aryl methyl sites for hydroxylation is 1. The molecule has 8 heteroatoms. The Kier molecular flexibility index (Phi) is 6.77. The lowest BCUT2D eigenvalue weighted by Gasteiger charge is -2.32. The summed E-state index contributed by atoms with van der Waals surface area (Å²) in [5, 5.41) is 0. The molecular formula is C24H28F2N2O4. The van der Waals surface area contributed by atoms with Crippen molar-refractivity contribution >= 4 is 11.8 Å². The summed E-state index contributed by atoms with van der Waals surface area (Å²) in [4.78, 5) is 17.8. The Morgan fingerprint density at radius 2 is 2.06 bits per heavy atom. The van der Waals surface area contributed by atoms with Crippen LogP contribution in [-0.4, -0.2) is 37.3 Å². The normalized spacial score (nSPS) is 15.7. The van der Waals surface area contributed by atoms with Gasteiger partial charge in [-0.2, -0.15) is 9.37 Å². The highest BCUT2D eigenvalue weighted by Crippen LogP contribution is 2.35. The van der Waals surface area contributed by atoms with E-state index in [0.29, 0.717) is 43.1 Å². The molecule has 0 saturated heterocycles. The van der Waals surface area contributed by atoms with Crippen molar-refractivity contribution in [1.82, 2.24) is 4.98 Å². The van der Waals surface area contributed by atoms with Gasteiger partial charge < -0.3 is 19.1 Å². The summed E-state index contributed by atoms with van der Waals surface area (Å²) in [5.41, 5.74) is 1.88. The number of esters is 1. The van der Waals surface area contributed by atoms with Crippen LogP contribution in [0, 0.1) is 11.6 Å². The van der Waals surface area contributed by atoms with Crippen molar-refractivity contribution in [2.75, 3.05) is 25.2 Å². The van der Waals surface area contributed by atoms with Crippen LogP contribution in [0.2, 0.25) is 0 Å². The van der Waals surface area contributed by atoms with Crippen molar-refractivity contribution < 1.29 is 27.8 Å². The van der Waals surface area contributed by atoms with Crippen LogP contribution in [0.15, 0.2) is 18.2 Å². The Morgan fingerprint density at radius 3 is 2.75 bits per heavy atom. The molecule has 0 atom stereocenters. The molecule has 2 aromatic rings. The fraction of sp³-hybridized carbons (Fsp3) is 0.500. The van der Waals surface area contributed by atoms with Crippen LogP contribution in [0.1, 0.15) is 49.3 Å². The van der Waals surface area contributed by atoms with Gasteiger partial charge in [0.1, 0.15) is 11.9 Å². The van der Waals surface area contributed by atoms with Gasteiger partial charge in [-0.25, -0.2) is 4.39 Å². The molecular weight excluding hydrogens is 418 g/mol. The molecule has 0 amide bonds. The molecule has 0 radical (unpaired) electrons. The second-order valence-corrected chi connectivity index (χ2v) is 8.12. The van der Waals surface area contributed by atoms with Crippen LogP contribution in [-0.2, 0) is 28.9 Å². The minimum atomic E-state index is -0.552. The number of pyridine rings is 1. The van der Waals surface area contributed by atoms with Gasteiger partial charge in [0.15, 0.2) is 11.6 Å². The van der Waals surface area contributed by atoms with Gasteiger partial charge in [0, 0.05) is 25.6 Å². The van der Waals surface area contributed by atoms with Crippen molar-refractivity contribution in [3.8, 4) is 11.6 Å². The van der Waals surface area contributed by atoms with E-state index in [0.717, 1.165) is 24.8 Å². The van der Waals surface area contributed by atoms with Gasteiger partial charge in [0.25, 0.3) is 0 Å². The molecule has 0 N–H and O–H groups in total. The minimum Gasteiger partial charge on any atom is -0.493 e. The van der Waals surface area contributed by atoms with Gasteiger partial charge in [-0.3, -0.25) is 4.79 Å². The lowest BCUT2D eigenvalue weighted by atomic mass is 9.94. The maximum Gasteiger partial charge on any atom is 0.306 e. The third-order valence-electron chi connectivity index (χ3n) is 6.06. The van der Waals surface area contributed by atoms with Gasteiger partial charge >= 0.3 is 5.97 Å². The first-order chi connectivity index (χ1) is 15.5. The second kappa shape index (κ2) is 9.71. The quantitative estimate of drug-likeness (QED) is 0.562. The standard InChI is InChI=1S/C24H28F2N2O4/c1-3-31-21(29)10-9-15-7-8-16-14-28(12-11-18(16)22(15)25)24-23(26)19(30-2)13-20(27-24)32-17-5-4-6-17/h7-8,13,17H,3-6,9-12,14H2,1-2H3. The zero-order valence-corrected chi connectivity index (χ0v) is 18.5. The van der Waals surface area contributed by atoms with E-state index in [1.807, 2.05) is 6.07 Å². The molecule has 32 heavy (non-hydrogen) atoms. The van der Waals surface area contributed by atoms with Crippen LogP contribution in [0.3, 0.4) is 0 Å². The summed E-state index contributed by atoms with van der Waals surface area (Å²) in [6.45, 7) is 2.78. The van der Waals surface area contributed by atoms with Gasteiger partial charge in [-0.05, 0) is 55.7 Å². The van der Waals surface area contributed by atoms with E-state index in [9.17, 15) is 4.79 Å². The second-order valence-electron chi connectivity index (χ2n) is 8.12. The number of hydrogen-bond donors (Lipinski definition) is 0. The van der Waals surface area contributed by atoms with Crippen LogP contribution in [0.5, 0.6) is 11.6 Å². The predicted octanol–water partition coefficient (Wildman–Crippen LogP) is 4.36. The first-order valence-corrected chi connectivity index (χ1v) is 11.1. The fourth-order valence-corrected chi connectivity index (χ4v) is 4.05. The number of nitrogens with zero attached hydrogens (tertiary/aromatic N) is 2. The van der Waals surface area contributed by atoms with Gasteiger partial charge in [-0.15, -0.1) is 0 Å². The van der Waals surface area contributed by atoms with Crippen LogP contribution in [0.25, 0.3) is 0 Å². The van der Waals surface area contributed by atoms with Crippen molar-refractivity contribution in [2.45, 2.75) is 58.1 Å². The molecule has 2 aliphatic rings. The van der Waals surface area contributed by atoms with Crippen molar-refractivity contribution in [2.24, 2.45) is 0 Å². The summed E-state index contributed by atoms with van der Waals surface area (Å²) < 4.78 is 46.1. The number of carbonyl (C=O) groups excluding carboxylic acids is 1. The highest BCUT2D eigenvalue weighted by atomic mass is 19.1. The van der Waals surface area contributed by atoms with Crippen LogP contribution >= 0.6 is 0 Å². The lowest BCUT2D eigenvalue weighted by Crippen LogP contribution is -2.33. The number of hydrogen-bond acceptors (Lipinski definition) is 6. The highest BCUT2D eigenvalue weighted by molar-refractivity contribution is 5.69. The van der Waals surface area contributed by atoms with Gasteiger partial charge in [-0.1, -0.05) is 12.1 Å². The van der Waals surface area contributed by atoms with E-state index in [2.05, 4.69) is 4.98 Å². The molecule has 1 aromatic carbocycles. The van der Waals surface area contributed by atoms with Crippen LogP contribution in [0.4, 0.5) is 14.6 Å². The zero-order chi connectivity index (χ0) is 22.7. The predicted molar refractivity (Wildman–Crippen MR) is 115 cm³/mol. The molecule has 0 unspecified atom stereocenters. The number of benzene rings is 1. The highest BCUT2D eigenvalue weighted by Gasteiger charge is 2.27. The van der Waals surface area contributed by atoms with E-state index in [-0.39, 0.29) is 42.3 Å². The smallest absolute Gasteiger partial charge is 0.306 e. The number of methoxy groups -OCH3 is 1. The van der Waals surface area contributed by atoms with E-state index in [4.69, 9.17) is 14.2 Å². The first-order valence-electron chi connectivity index (χ1n) is 11.1. The Morgan fingerprint density at radius 1 is 1.25 bits per heavy atom. The molecule has 4 rings (SSSR count). The molecule has 6 nitrogen and oxygen atoms in total. The maximum atomic E-state index is 15.1. The Bertz CT molecular complexity index is 994.